The van der Waals surface area contributed by atoms with Gasteiger partial charge < -0.3 is 19.9 Å². The van der Waals surface area contributed by atoms with Crippen molar-refractivity contribution in [2.24, 2.45) is 0 Å². The molecule has 4 rings (SSSR count). The molecule has 1 amide bonds. The van der Waals surface area contributed by atoms with Gasteiger partial charge in [0.25, 0.3) is 5.91 Å². The maximum absolute atomic E-state index is 12.4. The molecule has 0 aliphatic rings. The van der Waals surface area contributed by atoms with Gasteiger partial charge in [-0.2, -0.15) is 0 Å². The highest BCUT2D eigenvalue weighted by atomic mass is 16.5. The van der Waals surface area contributed by atoms with Crippen LogP contribution in [0.5, 0.6) is 11.5 Å². The first-order valence-electron chi connectivity index (χ1n) is 9.79. The van der Waals surface area contributed by atoms with Gasteiger partial charge in [-0.05, 0) is 48.4 Å². The molecule has 2 N–H and O–H groups in total. The standard InChI is InChI=1S/C23H22N4O4/c1-30-18-6-4-5-17(14-18)24-23(29)15-31-22-10-9-16(11-12-28)13-21(22)27-25-19-7-2-3-8-20(19)26-27/h2-10,13-14,28H,11-12,15H2,1H3,(H,24,29). The first-order chi connectivity index (χ1) is 15.2. The number of hydrogen-bond acceptors (Lipinski definition) is 6. The molecule has 1 heterocycles. The van der Waals surface area contributed by atoms with Crippen molar-refractivity contribution in [2.75, 3.05) is 25.6 Å². The van der Waals surface area contributed by atoms with Gasteiger partial charge in [-0.25, -0.2) is 0 Å². The summed E-state index contributed by atoms with van der Waals surface area (Å²) in [7, 11) is 1.57. The number of aromatic nitrogens is 3. The molecule has 158 valence electrons. The van der Waals surface area contributed by atoms with Gasteiger partial charge in [0.1, 0.15) is 28.2 Å². The number of nitrogens with one attached hydrogen (secondary N) is 1. The number of carbonyl (C=O) groups is 1. The van der Waals surface area contributed by atoms with Crippen LogP contribution in [0, 0.1) is 0 Å². The molecule has 31 heavy (non-hydrogen) atoms. The summed E-state index contributed by atoms with van der Waals surface area (Å²) >= 11 is 0. The molecule has 8 nitrogen and oxygen atoms in total. The summed E-state index contributed by atoms with van der Waals surface area (Å²) in [6.07, 6.45) is 0.490. The zero-order valence-electron chi connectivity index (χ0n) is 17.0. The molecular weight excluding hydrogens is 396 g/mol. The lowest BCUT2D eigenvalue weighted by molar-refractivity contribution is -0.118. The fourth-order valence-electron chi connectivity index (χ4n) is 3.13. The number of aliphatic hydroxyl groups is 1. The third-order valence-corrected chi connectivity index (χ3v) is 4.64. The van der Waals surface area contributed by atoms with Crippen molar-refractivity contribution in [3.8, 4) is 17.2 Å². The lowest BCUT2D eigenvalue weighted by Crippen LogP contribution is -2.20. The molecule has 0 saturated heterocycles. The van der Waals surface area contributed by atoms with Gasteiger partial charge in [0.05, 0.1) is 7.11 Å². The molecule has 0 spiro atoms. The third kappa shape index (κ3) is 4.81. The molecule has 8 heteroatoms. The van der Waals surface area contributed by atoms with Crippen molar-refractivity contribution < 1.29 is 19.4 Å². The van der Waals surface area contributed by atoms with Gasteiger partial charge >= 0.3 is 0 Å². The summed E-state index contributed by atoms with van der Waals surface area (Å²) in [5.41, 5.74) is 3.61. The van der Waals surface area contributed by atoms with Crippen LogP contribution in [0.4, 0.5) is 5.69 Å². The van der Waals surface area contributed by atoms with Crippen LogP contribution < -0.4 is 14.8 Å². The van der Waals surface area contributed by atoms with E-state index in [0.717, 1.165) is 16.6 Å². The van der Waals surface area contributed by atoms with E-state index in [2.05, 4.69) is 15.5 Å². The van der Waals surface area contributed by atoms with E-state index in [1.54, 1.807) is 37.4 Å². The zero-order valence-corrected chi connectivity index (χ0v) is 17.0. The number of carbonyl (C=O) groups excluding carboxylic acids is 1. The lowest BCUT2D eigenvalue weighted by Gasteiger charge is -2.13. The Kier molecular flexibility index (Phi) is 6.09. The average Bonchev–Trinajstić information content (AvgIpc) is 3.22. The number of hydrogen-bond donors (Lipinski definition) is 2. The third-order valence-electron chi connectivity index (χ3n) is 4.64. The first-order valence-corrected chi connectivity index (χ1v) is 9.79. The van der Waals surface area contributed by atoms with E-state index in [9.17, 15) is 9.90 Å². The summed E-state index contributed by atoms with van der Waals surface area (Å²) in [4.78, 5) is 13.9. The molecule has 0 atom stereocenters. The lowest BCUT2D eigenvalue weighted by atomic mass is 10.1. The molecule has 0 aliphatic heterocycles. The minimum atomic E-state index is -0.308. The van der Waals surface area contributed by atoms with E-state index < -0.39 is 0 Å². The second-order valence-electron chi connectivity index (χ2n) is 6.82. The van der Waals surface area contributed by atoms with Gasteiger partial charge in [-0.15, -0.1) is 15.0 Å². The number of anilines is 1. The summed E-state index contributed by atoms with van der Waals surface area (Å²) in [6.45, 7) is -0.165. The van der Waals surface area contributed by atoms with Crippen molar-refractivity contribution in [2.45, 2.75) is 6.42 Å². The van der Waals surface area contributed by atoms with Crippen molar-refractivity contribution in [3.63, 3.8) is 0 Å². The van der Waals surface area contributed by atoms with Crippen LogP contribution in [-0.2, 0) is 11.2 Å². The van der Waals surface area contributed by atoms with E-state index >= 15 is 0 Å². The average molecular weight is 418 g/mol. The van der Waals surface area contributed by atoms with Crippen LogP contribution in [0.2, 0.25) is 0 Å². The molecular formula is C23H22N4O4. The fourth-order valence-corrected chi connectivity index (χ4v) is 3.13. The number of rotatable bonds is 8. The predicted molar refractivity (Wildman–Crippen MR) is 117 cm³/mol. The van der Waals surface area contributed by atoms with E-state index in [-0.39, 0.29) is 19.1 Å². The molecule has 0 fully saturated rings. The molecule has 0 aliphatic carbocycles. The van der Waals surface area contributed by atoms with Gasteiger partial charge in [-0.3, -0.25) is 4.79 Å². The van der Waals surface area contributed by atoms with Crippen LogP contribution in [0.1, 0.15) is 5.56 Å². The Morgan fingerprint density at radius 1 is 1.03 bits per heavy atom. The monoisotopic (exact) mass is 418 g/mol. The maximum Gasteiger partial charge on any atom is 0.262 e. The molecule has 0 saturated carbocycles. The minimum Gasteiger partial charge on any atom is -0.497 e. The second-order valence-corrected chi connectivity index (χ2v) is 6.82. The number of amides is 1. The molecule has 0 unspecified atom stereocenters. The zero-order chi connectivity index (χ0) is 21.6. The number of aliphatic hydroxyl groups excluding tert-OH is 1. The summed E-state index contributed by atoms with van der Waals surface area (Å²) in [6, 6.07) is 20.1. The van der Waals surface area contributed by atoms with Crippen molar-refractivity contribution in [3.05, 3.63) is 72.3 Å². The van der Waals surface area contributed by atoms with Crippen LogP contribution in [0.15, 0.2) is 66.7 Å². The maximum atomic E-state index is 12.4. The smallest absolute Gasteiger partial charge is 0.262 e. The van der Waals surface area contributed by atoms with Gasteiger partial charge in [0, 0.05) is 18.4 Å². The summed E-state index contributed by atoms with van der Waals surface area (Å²) in [5, 5.41) is 21.1. The van der Waals surface area contributed by atoms with Crippen LogP contribution >= 0.6 is 0 Å². The predicted octanol–water partition coefficient (Wildman–Crippen LogP) is 2.98. The summed E-state index contributed by atoms with van der Waals surface area (Å²) in [5.74, 6) is 0.803. The Bertz CT molecular complexity index is 1170. The highest BCUT2D eigenvalue weighted by Crippen LogP contribution is 2.25. The van der Waals surface area contributed by atoms with E-state index in [4.69, 9.17) is 9.47 Å². The van der Waals surface area contributed by atoms with Crippen molar-refractivity contribution in [1.82, 2.24) is 15.0 Å². The Hall–Kier alpha value is -3.91. The largest absolute Gasteiger partial charge is 0.497 e. The molecule has 0 bridgehead atoms. The number of methoxy groups -OCH3 is 1. The molecule has 0 radical (unpaired) electrons. The van der Waals surface area contributed by atoms with E-state index in [0.29, 0.717) is 29.3 Å². The molecule has 1 aromatic heterocycles. The van der Waals surface area contributed by atoms with Crippen molar-refractivity contribution in [1.29, 1.82) is 0 Å². The summed E-state index contributed by atoms with van der Waals surface area (Å²) < 4.78 is 11.0. The Labute approximate surface area is 179 Å². The quantitative estimate of drug-likeness (QED) is 0.457. The highest BCUT2D eigenvalue weighted by molar-refractivity contribution is 5.92. The minimum absolute atomic E-state index is 0.0249. The Morgan fingerprint density at radius 2 is 1.81 bits per heavy atom. The fraction of sp³-hybridized carbons (Fsp3) is 0.174. The number of benzene rings is 3. The van der Waals surface area contributed by atoms with E-state index in [1.807, 2.05) is 36.4 Å². The first kappa shape index (κ1) is 20.4. The Balaban J connectivity index is 1.55. The molecule has 4 aromatic rings. The number of ether oxygens (including phenoxy) is 2. The SMILES string of the molecule is COc1cccc(NC(=O)COc2ccc(CCO)cc2-n2nc3ccccc3n2)c1. The van der Waals surface area contributed by atoms with E-state index in [1.165, 1.54) is 4.80 Å². The number of nitrogens with zero attached hydrogens (tertiary/aromatic N) is 3. The van der Waals surface area contributed by atoms with Crippen LogP contribution in [0.25, 0.3) is 16.7 Å². The second kappa shape index (κ2) is 9.27. The van der Waals surface area contributed by atoms with Gasteiger partial charge in [0.15, 0.2) is 6.61 Å². The van der Waals surface area contributed by atoms with Crippen LogP contribution in [-0.4, -0.2) is 46.3 Å². The van der Waals surface area contributed by atoms with Gasteiger partial charge in [-0.1, -0.05) is 24.3 Å². The number of fused-ring (bicyclic) bond motifs is 1. The molecule has 3 aromatic carbocycles. The van der Waals surface area contributed by atoms with Crippen molar-refractivity contribution >= 4 is 22.6 Å². The van der Waals surface area contributed by atoms with Gasteiger partial charge in [0.2, 0.25) is 0 Å². The Morgan fingerprint density at radius 3 is 2.52 bits per heavy atom. The highest BCUT2D eigenvalue weighted by Gasteiger charge is 2.13. The normalized spacial score (nSPS) is 10.8. The topological polar surface area (TPSA) is 98.5 Å². The van der Waals surface area contributed by atoms with Crippen LogP contribution in [0.3, 0.4) is 0 Å².